The first-order valence-corrected chi connectivity index (χ1v) is 10.2. The Morgan fingerprint density at radius 2 is 1.71 bits per heavy atom. The van der Waals surface area contributed by atoms with Crippen LogP contribution in [0, 0.1) is 0 Å². The maximum absolute atomic E-state index is 12.3. The fourth-order valence-electron chi connectivity index (χ4n) is 3.50. The van der Waals surface area contributed by atoms with Crippen LogP contribution in [-0.4, -0.2) is 10.9 Å². The molecule has 0 aliphatic carbocycles. The summed E-state index contributed by atoms with van der Waals surface area (Å²) in [6.45, 7) is 0. The predicted molar refractivity (Wildman–Crippen MR) is 126 cm³/mol. The first-order valence-electron chi connectivity index (χ1n) is 9.80. The van der Waals surface area contributed by atoms with Crippen LogP contribution in [0.15, 0.2) is 95.4 Å². The molecular weight excluding hydrogens is 408 g/mol. The second kappa shape index (κ2) is 8.09. The second-order valence-corrected chi connectivity index (χ2v) is 7.48. The molecule has 0 aliphatic heterocycles. The third-order valence-corrected chi connectivity index (χ3v) is 5.31. The van der Waals surface area contributed by atoms with Gasteiger partial charge in [0.15, 0.2) is 5.58 Å². The molecule has 0 atom stereocenters. The molecule has 1 N–H and O–H groups in total. The number of halogens is 1. The zero-order chi connectivity index (χ0) is 21.2. The fraction of sp³-hybridized carbons (Fsp3) is 0. The second-order valence-electron chi connectivity index (χ2n) is 7.08. The summed E-state index contributed by atoms with van der Waals surface area (Å²) in [7, 11) is 0. The first-order chi connectivity index (χ1) is 15.2. The Bertz CT molecular complexity index is 1440. The number of hydrogen-bond acceptors (Lipinski definition) is 3. The summed E-state index contributed by atoms with van der Waals surface area (Å²) in [6.07, 6.45) is 3.28. The van der Waals surface area contributed by atoms with Gasteiger partial charge in [0.2, 0.25) is 11.8 Å². The number of carbonyl (C=O) groups is 1. The quantitative estimate of drug-likeness (QED) is 0.317. The van der Waals surface area contributed by atoms with Crippen molar-refractivity contribution in [2.24, 2.45) is 0 Å². The number of hydrogen-bond donors (Lipinski definition) is 1. The molecule has 0 spiro atoms. The molecule has 0 saturated carbocycles. The van der Waals surface area contributed by atoms with Crippen LogP contribution in [0.1, 0.15) is 5.56 Å². The average molecular weight is 425 g/mol. The van der Waals surface area contributed by atoms with Crippen LogP contribution >= 0.6 is 11.6 Å². The predicted octanol–water partition coefficient (Wildman–Crippen LogP) is 6.95. The van der Waals surface area contributed by atoms with E-state index in [4.69, 9.17) is 16.0 Å². The van der Waals surface area contributed by atoms with E-state index in [1.165, 1.54) is 6.08 Å². The molecule has 1 amide bonds. The molecule has 0 fully saturated rings. The smallest absolute Gasteiger partial charge is 0.248 e. The highest BCUT2D eigenvalue weighted by molar-refractivity contribution is 6.35. The Balaban J connectivity index is 1.43. The lowest BCUT2D eigenvalue weighted by atomic mass is 10.0. The van der Waals surface area contributed by atoms with E-state index in [1.807, 2.05) is 66.7 Å². The van der Waals surface area contributed by atoms with Crippen molar-refractivity contribution in [2.75, 3.05) is 5.32 Å². The number of amides is 1. The van der Waals surface area contributed by atoms with Gasteiger partial charge in [0, 0.05) is 27.7 Å². The lowest BCUT2D eigenvalue weighted by Gasteiger charge is -2.04. The SMILES string of the molecule is O=C(/C=C/c1ccccc1)Nc1ccc2oc(-c3cccc4c(Cl)cccc34)nc2c1. The Labute approximate surface area is 183 Å². The van der Waals surface area contributed by atoms with E-state index in [-0.39, 0.29) is 5.91 Å². The highest BCUT2D eigenvalue weighted by Crippen LogP contribution is 2.33. The van der Waals surface area contributed by atoms with Crippen LogP contribution in [0.4, 0.5) is 5.69 Å². The first kappa shape index (κ1) is 19.1. The molecule has 5 aromatic rings. The zero-order valence-corrected chi connectivity index (χ0v) is 17.1. The Morgan fingerprint density at radius 1 is 0.903 bits per heavy atom. The molecule has 5 heteroatoms. The maximum Gasteiger partial charge on any atom is 0.248 e. The van der Waals surface area contributed by atoms with Gasteiger partial charge in [-0.1, -0.05) is 66.2 Å². The number of nitrogens with zero attached hydrogens (tertiary/aromatic N) is 1. The van der Waals surface area contributed by atoms with Gasteiger partial charge in [-0.3, -0.25) is 4.79 Å². The molecule has 4 nitrogen and oxygen atoms in total. The van der Waals surface area contributed by atoms with Crippen molar-refractivity contribution in [2.45, 2.75) is 0 Å². The molecule has 0 radical (unpaired) electrons. The van der Waals surface area contributed by atoms with Crippen molar-refractivity contribution in [1.29, 1.82) is 0 Å². The number of oxazole rings is 1. The highest BCUT2D eigenvalue weighted by Gasteiger charge is 2.13. The van der Waals surface area contributed by atoms with Crippen molar-refractivity contribution >= 4 is 51.1 Å². The number of benzene rings is 4. The number of aromatic nitrogens is 1. The maximum atomic E-state index is 12.3. The third-order valence-electron chi connectivity index (χ3n) is 4.98. The Morgan fingerprint density at radius 3 is 2.58 bits per heavy atom. The van der Waals surface area contributed by atoms with Crippen molar-refractivity contribution < 1.29 is 9.21 Å². The van der Waals surface area contributed by atoms with Crippen molar-refractivity contribution in [3.05, 3.63) is 102 Å². The molecule has 0 aliphatic rings. The van der Waals surface area contributed by atoms with E-state index in [2.05, 4.69) is 10.3 Å². The number of anilines is 1. The molecule has 31 heavy (non-hydrogen) atoms. The van der Waals surface area contributed by atoms with Gasteiger partial charge in [-0.2, -0.15) is 0 Å². The lowest BCUT2D eigenvalue weighted by Crippen LogP contribution is -2.07. The molecule has 1 aromatic heterocycles. The van der Waals surface area contributed by atoms with Crippen LogP contribution in [0.3, 0.4) is 0 Å². The minimum absolute atomic E-state index is 0.212. The molecular formula is C26H17ClN2O2. The zero-order valence-electron chi connectivity index (χ0n) is 16.4. The van der Waals surface area contributed by atoms with Crippen LogP contribution in [0.2, 0.25) is 5.02 Å². The Kier molecular flexibility index (Phi) is 4.98. The third kappa shape index (κ3) is 3.93. The monoisotopic (exact) mass is 424 g/mol. The molecule has 150 valence electrons. The van der Waals surface area contributed by atoms with Crippen molar-refractivity contribution in [3.8, 4) is 11.5 Å². The summed E-state index contributed by atoms with van der Waals surface area (Å²) >= 11 is 6.33. The van der Waals surface area contributed by atoms with Gasteiger partial charge in [-0.25, -0.2) is 4.98 Å². The fourth-order valence-corrected chi connectivity index (χ4v) is 3.74. The van der Waals surface area contributed by atoms with Crippen molar-refractivity contribution in [3.63, 3.8) is 0 Å². The normalized spacial score (nSPS) is 11.4. The van der Waals surface area contributed by atoms with E-state index in [1.54, 1.807) is 24.3 Å². The van der Waals surface area contributed by atoms with E-state index in [0.29, 0.717) is 27.7 Å². The summed E-state index contributed by atoms with van der Waals surface area (Å²) in [6, 6.07) is 26.7. The topological polar surface area (TPSA) is 55.1 Å². The summed E-state index contributed by atoms with van der Waals surface area (Å²) < 4.78 is 5.99. The summed E-state index contributed by atoms with van der Waals surface area (Å²) in [4.78, 5) is 16.9. The van der Waals surface area contributed by atoms with Crippen LogP contribution in [0.25, 0.3) is 39.4 Å². The van der Waals surface area contributed by atoms with Gasteiger partial charge in [0.05, 0.1) is 0 Å². The van der Waals surface area contributed by atoms with Crippen LogP contribution < -0.4 is 5.32 Å². The number of fused-ring (bicyclic) bond motifs is 2. The van der Waals surface area contributed by atoms with Gasteiger partial charge >= 0.3 is 0 Å². The molecule has 1 heterocycles. The molecule has 0 bridgehead atoms. The lowest BCUT2D eigenvalue weighted by molar-refractivity contribution is -0.111. The van der Waals surface area contributed by atoms with Gasteiger partial charge in [0.25, 0.3) is 0 Å². The van der Waals surface area contributed by atoms with Gasteiger partial charge in [0.1, 0.15) is 5.52 Å². The average Bonchev–Trinajstić information content (AvgIpc) is 3.22. The number of carbonyl (C=O) groups excluding carboxylic acids is 1. The van der Waals surface area contributed by atoms with E-state index < -0.39 is 0 Å². The van der Waals surface area contributed by atoms with E-state index in [0.717, 1.165) is 21.9 Å². The van der Waals surface area contributed by atoms with Gasteiger partial charge in [-0.15, -0.1) is 0 Å². The number of rotatable bonds is 4. The molecule has 5 rings (SSSR count). The largest absolute Gasteiger partial charge is 0.436 e. The molecule has 4 aromatic carbocycles. The molecule has 0 unspecified atom stereocenters. The standard InChI is InChI=1S/C26H17ClN2O2/c27-22-11-5-8-19-20(22)9-4-10-21(19)26-29-23-16-18(13-14-24(23)31-26)28-25(30)15-12-17-6-2-1-3-7-17/h1-16H,(H,28,30)/b15-12+. The summed E-state index contributed by atoms with van der Waals surface area (Å²) in [5, 5.41) is 5.47. The number of nitrogens with one attached hydrogen (secondary N) is 1. The van der Waals surface area contributed by atoms with Crippen molar-refractivity contribution in [1.82, 2.24) is 4.98 Å². The minimum atomic E-state index is -0.212. The highest BCUT2D eigenvalue weighted by atomic mass is 35.5. The Hall–Kier alpha value is -3.89. The van der Waals surface area contributed by atoms with Crippen LogP contribution in [0.5, 0.6) is 0 Å². The summed E-state index contributed by atoms with van der Waals surface area (Å²) in [5.41, 5.74) is 3.79. The minimum Gasteiger partial charge on any atom is -0.436 e. The summed E-state index contributed by atoms with van der Waals surface area (Å²) in [5.74, 6) is 0.297. The van der Waals surface area contributed by atoms with Gasteiger partial charge in [-0.05, 0) is 47.4 Å². The van der Waals surface area contributed by atoms with E-state index >= 15 is 0 Å². The van der Waals surface area contributed by atoms with Gasteiger partial charge < -0.3 is 9.73 Å². The van der Waals surface area contributed by atoms with E-state index in [9.17, 15) is 4.79 Å². The van der Waals surface area contributed by atoms with Crippen LogP contribution in [-0.2, 0) is 4.79 Å². The molecule has 0 saturated heterocycles.